The second-order valence-corrected chi connectivity index (χ2v) is 3.31. The van der Waals surface area contributed by atoms with Crippen molar-refractivity contribution in [1.29, 1.82) is 0 Å². The van der Waals surface area contributed by atoms with E-state index in [0.29, 0.717) is 16.0 Å². The van der Waals surface area contributed by atoms with Gasteiger partial charge in [0.25, 0.3) is 5.91 Å². The Bertz CT molecular complexity index is 356. The van der Waals surface area contributed by atoms with E-state index < -0.39 is 5.91 Å². The zero-order valence-corrected chi connectivity index (χ0v) is 8.77. The van der Waals surface area contributed by atoms with Crippen molar-refractivity contribution in [3.63, 3.8) is 0 Å². The second-order valence-electron chi connectivity index (χ2n) is 2.53. The minimum absolute atomic E-state index is 0.363. The molecule has 70 valence electrons. The Morgan fingerprint density at radius 2 is 2.15 bits per heavy atom. The summed E-state index contributed by atoms with van der Waals surface area (Å²) in [6, 6.07) is 1.52. The third-order valence-corrected chi connectivity index (χ3v) is 1.81. The number of carbonyl (C=O) groups is 2. The Kier molecular flexibility index (Phi) is 2.87. The van der Waals surface area contributed by atoms with E-state index in [0.717, 1.165) is 0 Å². The summed E-state index contributed by atoms with van der Waals surface area (Å²) >= 11 is 3.09. The van der Waals surface area contributed by atoms with Crippen LogP contribution in [-0.2, 0) is 4.79 Å². The fourth-order valence-electron chi connectivity index (χ4n) is 0.898. The van der Waals surface area contributed by atoms with Crippen molar-refractivity contribution in [3.8, 4) is 0 Å². The van der Waals surface area contributed by atoms with Gasteiger partial charge in [0, 0.05) is 13.0 Å². The summed E-state index contributed by atoms with van der Waals surface area (Å²) in [6.45, 7) is 2.93. The molecule has 1 aromatic rings. The number of imide groups is 1. The maximum atomic E-state index is 11.3. The topological polar surface area (TPSA) is 59.3 Å². The highest BCUT2D eigenvalue weighted by atomic mass is 79.9. The molecule has 0 spiro atoms. The number of hydrogen-bond acceptors (Lipinski definition) is 3. The Hall–Kier alpha value is -1.10. The van der Waals surface area contributed by atoms with E-state index in [-0.39, 0.29) is 5.91 Å². The van der Waals surface area contributed by atoms with Crippen molar-refractivity contribution in [2.75, 3.05) is 0 Å². The van der Waals surface area contributed by atoms with Crippen LogP contribution in [0.4, 0.5) is 0 Å². The zero-order valence-electron chi connectivity index (χ0n) is 7.18. The summed E-state index contributed by atoms with van der Waals surface area (Å²) in [5, 5.41) is 2.15. The van der Waals surface area contributed by atoms with Crippen LogP contribution in [0.2, 0.25) is 0 Å². The first kappa shape index (κ1) is 9.98. The molecule has 1 N–H and O–H groups in total. The minimum Gasteiger partial charge on any atom is -0.454 e. The van der Waals surface area contributed by atoms with Gasteiger partial charge in [-0.15, -0.1) is 0 Å². The molecule has 5 heteroatoms. The van der Waals surface area contributed by atoms with Crippen LogP contribution in [0.3, 0.4) is 0 Å². The molecule has 0 radical (unpaired) electrons. The first-order valence-electron chi connectivity index (χ1n) is 3.58. The molecule has 1 aromatic heterocycles. The highest BCUT2D eigenvalue weighted by molar-refractivity contribution is 9.10. The number of nitrogens with one attached hydrogen (secondary N) is 1. The molecule has 4 nitrogen and oxygen atoms in total. The quantitative estimate of drug-likeness (QED) is 0.819. The summed E-state index contributed by atoms with van der Waals surface area (Å²) in [7, 11) is 0. The van der Waals surface area contributed by atoms with Gasteiger partial charge in [0.1, 0.15) is 5.76 Å². The molecule has 0 saturated heterocycles. The number of carbonyl (C=O) groups excluding carboxylic acids is 2. The van der Waals surface area contributed by atoms with E-state index in [2.05, 4.69) is 21.2 Å². The van der Waals surface area contributed by atoms with Gasteiger partial charge in [-0.05, 0) is 22.9 Å². The highest BCUT2D eigenvalue weighted by Gasteiger charge is 2.14. The van der Waals surface area contributed by atoms with Crippen LogP contribution < -0.4 is 5.32 Å². The van der Waals surface area contributed by atoms with E-state index in [1.807, 2.05) is 0 Å². The molecule has 1 heterocycles. The number of amides is 2. The van der Waals surface area contributed by atoms with Gasteiger partial charge in [-0.2, -0.15) is 0 Å². The van der Waals surface area contributed by atoms with Gasteiger partial charge in [0.2, 0.25) is 5.91 Å². The molecule has 0 aliphatic heterocycles. The third kappa shape index (κ3) is 2.42. The van der Waals surface area contributed by atoms with E-state index in [1.54, 1.807) is 6.92 Å². The van der Waals surface area contributed by atoms with Crippen molar-refractivity contribution in [1.82, 2.24) is 5.32 Å². The lowest BCUT2D eigenvalue weighted by molar-refractivity contribution is -0.118. The average molecular weight is 246 g/mol. The Labute approximate surface area is 83.4 Å². The molecule has 0 aliphatic carbocycles. The molecule has 0 atom stereocenters. The van der Waals surface area contributed by atoms with E-state index >= 15 is 0 Å². The predicted octanol–water partition coefficient (Wildman–Crippen LogP) is 1.63. The summed E-state index contributed by atoms with van der Waals surface area (Å²) in [5.41, 5.74) is 0.363. The van der Waals surface area contributed by atoms with Crippen molar-refractivity contribution < 1.29 is 14.0 Å². The maximum absolute atomic E-state index is 11.3. The second kappa shape index (κ2) is 3.74. The monoisotopic (exact) mass is 245 g/mol. The smallest absolute Gasteiger partial charge is 0.261 e. The van der Waals surface area contributed by atoms with Crippen LogP contribution in [0.15, 0.2) is 15.2 Å². The average Bonchev–Trinajstić information content (AvgIpc) is 2.28. The summed E-state index contributed by atoms with van der Waals surface area (Å²) in [4.78, 5) is 21.8. The van der Waals surface area contributed by atoms with Gasteiger partial charge in [0.15, 0.2) is 4.67 Å². The van der Waals surface area contributed by atoms with E-state index in [4.69, 9.17) is 4.42 Å². The van der Waals surface area contributed by atoms with Crippen LogP contribution in [0.25, 0.3) is 0 Å². The van der Waals surface area contributed by atoms with Crippen LogP contribution in [0.5, 0.6) is 0 Å². The summed E-state index contributed by atoms with van der Waals surface area (Å²) in [6.07, 6.45) is 0. The number of aryl methyl sites for hydroxylation is 1. The fourth-order valence-corrected chi connectivity index (χ4v) is 1.37. The normalized spacial score (nSPS) is 9.77. The van der Waals surface area contributed by atoms with Gasteiger partial charge in [-0.25, -0.2) is 0 Å². The Morgan fingerprint density at radius 3 is 2.54 bits per heavy atom. The largest absolute Gasteiger partial charge is 0.454 e. The molecule has 1 rings (SSSR count). The summed E-state index contributed by atoms with van der Waals surface area (Å²) in [5.74, 6) is -0.355. The lowest BCUT2D eigenvalue weighted by Crippen LogP contribution is -2.27. The molecule has 0 fully saturated rings. The SMILES string of the molecule is CC(=O)NC(=O)c1cc(Br)oc1C. The molecular formula is C8H8BrNO3. The van der Waals surface area contributed by atoms with Crippen molar-refractivity contribution >= 4 is 27.7 Å². The maximum Gasteiger partial charge on any atom is 0.261 e. The first-order chi connectivity index (χ1) is 6.00. The minimum atomic E-state index is -0.445. The number of rotatable bonds is 1. The van der Waals surface area contributed by atoms with Crippen LogP contribution in [0, 0.1) is 6.92 Å². The van der Waals surface area contributed by atoms with Crippen LogP contribution in [0.1, 0.15) is 23.0 Å². The van der Waals surface area contributed by atoms with Gasteiger partial charge in [-0.3, -0.25) is 14.9 Å². The standard InChI is InChI=1S/C8H8BrNO3/c1-4-6(3-7(9)13-4)8(12)10-5(2)11/h3H,1-2H3,(H,10,11,12). The number of halogens is 1. The first-order valence-corrected chi connectivity index (χ1v) is 4.38. The molecule has 0 aliphatic rings. The van der Waals surface area contributed by atoms with E-state index in [9.17, 15) is 9.59 Å². The Balaban J connectivity index is 2.88. The van der Waals surface area contributed by atoms with Crippen molar-refractivity contribution in [2.45, 2.75) is 13.8 Å². The molecule has 0 unspecified atom stereocenters. The number of furan rings is 1. The van der Waals surface area contributed by atoms with Crippen molar-refractivity contribution in [2.24, 2.45) is 0 Å². The molecule has 2 amide bonds. The van der Waals surface area contributed by atoms with Gasteiger partial charge >= 0.3 is 0 Å². The number of hydrogen-bond donors (Lipinski definition) is 1. The lowest BCUT2D eigenvalue weighted by atomic mass is 10.2. The molecule has 0 bridgehead atoms. The molecule has 0 saturated carbocycles. The summed E-state index contributed by atoms with van der Waals surface area (Å²) < 4.78 is 5.53. The van der Waals surface area contributed by atoms with Gasteiger partial charge in [-0.1, -0.05) is 0 Å². The highest BCUT2D eigenvalue weighted by Crippen LogP contribution is 2.19. The van der Waals surface area contributed by atoms with Crippen LogP contribution in [-0.4, -0.2) is 11.8 Å². The van der Waals surface area contributed by atoms with E-state index in [1.165, 1.54) is 13.0 Å². The zero-order chi connectivity index (χ0) is 10.0. The Morgan fingerprint density at radius 1 is 1.54 bits per heavy atom. The van der Waals surface area contributed by atoms with Gasteiger partial charge < -0.3 is 4.42 Å². The lowest BCUT2D eigenvalue weighted by Gasteiger charge is -1.97. The molecule has 13 heavy (non-hydrogen) atoms. The predicted molar refractivity (Wildman–Crippen MR) is 49.3 cm³/mol. The van der Waals surface area contributed by atoms with Crippen molar-refractivity contribution in [3.05, 3.63) is 22.1 Å². The fraction of sp³-hybridized carbons (Fsp3) is 0.250. The van der Waals surface area contributed by atoms with Gasteiger partial charge in [0.05, 0.1) is 5.56 Å². The molecular weight excluding hydrogens is 238 g/mol. The van der Waals surface area contributed by atoms with Crippen LogP contribution >= 0.6 is 15.9 Å². The third-order valence-electron chi connectivity index (χ3n) is 1.42. The molecule has 0 aromatic carbocycles.